The highest BCUT2D eigenvalue weighted by molar-refractivity contribution is 9.10. The van der Waals surface area contributed by atoms with Crippen molar-refractivity contribution in [2.24, 2.45) is 17.8 Å². The number of pyridine rings is 1. The summed E-state index contributed by atoms with van der Waals surface area (Å²) >= 11 is 3.41. The molecule has 1 amide bonds. The SMILES string of the molecule is Cc1nc(NC(=O)CC2CC3CCC2C3)ccc1Br. The molecule has 1 aromatic heterocycles. The van der Waals surface area contributed by atoms with Crippen molar-refractivity contribution in [1.82, 2.24) is 4.98 Å². The Morgan fingerprint density at radius 1 is 1.42 bits per heavy atom. The molecular formula is C15H19BrN2O. The van der Waals surface area contributed by atoms with E-state index in [2.05, 4.69) is 26.2 Å². The Morgan fingerprint density at radius 2 is 2.26 bits per heavy atom. The Morgan fingerprint density at radius 3 is 2.89 bits per heavy atom. The first-order valence-corrected chi connectivity index (χ1v) is 7.84. The Balaban J connectivity index is 1.57. The molecule has 3 nitrogen and oxygen atoms in total. The summed E-state index contributed by atoms with van der Waals surface area (Å²) in [5.74, 6) is 3.09. The highest BCUT2D eigenvalue weighted by atomic mass is 79.9. The minimum absolute atomic E-state index is 0.117. The topological polar surface area (TPSA) is 42.0 Å². The zero-order chi connectivity index (χ0) is 13.4. The lowest BCUT2D eigenvalue weighted by Crippen LogP contribution is -2.20. The minimum Gasteiger partial charge on any atom is -0.311 e. The van der Waals surface area contributed by atoms with Gasteiger partial charge in [0.15, 0.2) is 0 Å². The zero-order valence-electron chi connectivity index (χ0n) is 11.2. The summed E-state index contributed by atoms with van der Waals surface area (Å²) in [6.45, 7) is 1.93. The zero-order valence-corrected chi connectivity index (χ0v) is 12.7. The third-order valence-corrected chi connectivity index (χ3v) is 5.46. The first-order chi connectivity index (χ1) is 9.11. The Hall–Kier alpha value is -0.900. The number of amides is 1. The van der Waals surface area contributed by atoms with Gasteiger partial charge in [0.25, 0.3) is 0 Å². The van der Waals surface area contributed by atoms with Crippen molar-refractivity contribution < 1.29 is 4.79 Å². The van der Waals surface area contributed by atoms with E-state index in [1.807, 2.05) is 19.1 Å². The van der Waals surface area contributed by atoms with Crippen LogP contribution in [0.15, 0.2) is 16.6 Å². The maximum Gasteiger partial charge on any atom is 0.225 e. The third-order valence-electron chi connectivity index (χ3n) is 4.62. The van der Waals surface area contributed by atoms with Crippen molar-refractivity contribution >= 4 is 27.7 Å². The van der Waals surface area contributed by atoms with Crippen LogP contribution in [0.4, 0.5) is 5.82 Å². The molecule has 3 unspecified atom stereocenters. The van der Waals surface area contributed by atoms with Crippen LogP contribution in [0.1, 0.15) is 37.8 Å². The van der Waals surface area contributed by atoms with Gasteiger partial charge in [0.1, 0.15) is 5.82 Å². The first-order valence-electron chi connectivity index (χ1n) is 7.05. The Labute approximate surface area is 122 Å². The number of halogens is 1. The van der Waals surface area contributed by atoms with Crippen LogP contribution in [0.2, 0.25) is 0 Å². The first kappa shape index (κ1) is 13.1. The molecule has 0 aromatic carbocycles. The average Bonchev–Trinajstić information content (AvgIpc) is 2.96. The summed E-state index contributed by atoms with van der Waals surface area (Å²) < 4.78 is 0.971. The van der Waals surface area contributed by atoms with Gasteiger partial charge in [0.05, 0.1) is 5.69 Å². The van der Waals surface area contributed by atoms with E-state index in [0.717, 1.165) is 22.0 Å². The van der Waals surface area contributed by atoms with Gasteiger partial charge < -0.3 is 5.32 Å². The number of rotatable bonds is 3. The molecule has 4 heteroatoms. The monoisotopic (exact) mass is 322 g/mol. The quantitative estimate of drug-likeness (QED) is 0.916. The highest BCUT2D eigenvalue weighted by Gasteiger charge is 2.40. The van der Waals surface area contributed by atoms with Gasteiger partial charge in [-0.15, -0.1) is 0 Å². The smallest absolute Gasteiger partial charge is 0.225 e. The molecule has 0 aliphatic heterocycles. The second-order valence-electron chi connectivity index (χ2n) is 5.95. The molecule has 2 aliphatic rings. The van der Waals surface area contributed by atoms with Crippen LogP contribution in [0.3, 0.4) is 0 Å². The molecule has 1 aromatic rings. The van der Waals surface area contributed by atoms with E-state index in [0.29, 0.717) is 18.2 Å². The van der Waals surface area contributed by atoms with Crippen molar-refractivity contribution in [3.05, 3.63) is 22.3 Å². The van der Waals surface area contributed by atoms with Crippen molar-refractivity contribution in [2.75, 3.05) is 5.32 Å². The molecule has 2 fully saturated rings. The maximum atomic E-state index is 12.1. The van der Waals surface area contributed by atoms with Crippen molar-refractivity contribution in [2.45, 2.75) is 39.0 Å². The number of aromatic nitrogens is 1. The maximum absolute atomic E-state index is 12.1. The molecule has 3 rings (SSSR count). The number of nitrogens with zero attached hydrogens (tertiary/aromatic N) is 1. The van der Waals surface area contributed by atoms with E-state index in [1.165, 1.54) is 25.7 Å². The van der Waals surface area contributed by atoms with E-state index in [9.17, 15) is 4.79 Å². The molecule has 0 radical (unpaired) electrons. The van der Waals surface area contributed by atoms with Crippen LogP contribution in [-0.4, -0.2) is 10.9 Å². The van der Waals surface area contributed by atoms with E-state index in [1.54, 1.807) is 0 Å². The number of aryl methyl sites for hydroxylation is 1. The molecule has 0 saturated heterocycles. The lowest BCUT2D eigenvalue weighted by Gasteiger charge is -2.20. The summed E-state index contributed by atoms with van der Waals surface area (Å²) in [4.78, 5) is 16.4. The number of fused-ring (bicyclic) bond motifs is 2. The van der Waals surface area contributed by atoms with E-state index in [-0.39, 0.29) is 5.91 Å². The van der Waals surface area contributed by atoms with E-state index < -0.39 is 0 Å². The second-order valence-corrected chi connectivity index (χ2v) is 6.81. The minimum atomic E-state index is 0.117. The van der Waals surface area contributed by atoms with Gasteiger partial charge in [-0.05, 0) is 72.0 Å². The number of nitrogens with one attached hydrogen (secondary N) is 1. The van der Waals surface area contributed by atoms with Crippen LogP contribution < -0.4 is 5.32 Å². The van der Waals surface area contributed by atoms with Crippen LogP contribution in [0, 0.1) is 24.7 Å². The summed E-state index contributed by atoms with van der Waals surface area (Å²) in [6, 6.07) is 3.77. The molecule has 0 spiro atoms. The molecule has 19 heavy (non-hydrogen) atoms. The Kier molecular flexibility index (Phi) is 3.61. The summed E-state index contributed by atoms with van der Waals surface area (Å²) in [5.41, 5.74) is 0.901. The standard InChI is InChI=1S/C15H19BrN2O/c1-9-13(16)4-5-14(17-9)18-15(19)8-12-7-10-2-3-11(12)6-10/h4-5,10-12H,2-3,6-8H2,1H3,(H,17,18,19). The van der Waals surface area contributed by atoms with Gasteiger partial charge in [-0.3, -0.25) is 4.79 Å². The number of hydrogen-bond donors (Lipinski definition) is 1. The predicted octanol–water partition coefficient (Wildman–Crippen LogP) is 3.92. The number of carbonyl (C=O) groups is 1. The van der Waals surface area contributed by atoms with Gasteiger partial charge in [-0.1, -0.05) is 6.42 Å². The van der Waals surface area contributed by atoms with Crippen molar-refractivity contribution in [3.63, 3.8) is 0 Å². The second kappa shape index (κ2) is 5.23. The summed E-state index contributed by atoms with van der Waals surface area (Å²) in [7, 11) is 0. The van der Waals surface area contributed by atoms with Crippen LogP contribution in [-0.2, 0) is 4.79 Å². The molecule has 2 bridgehead atoms. The third kappa shape index (κ3) is 2.83. The molecule has 1 N–H and O–H groups in total. The predicted molar refractivity (Wildman–Crippen MR) is 78.9 cm³/mol. The number of carbonyl (C=O) groups excluding carboxylic acids is 1. The van der Waals surface area contributed by atoms with Gasteiger partial charge in [-0.25, -0.2) is 4.98 Å². The fourth-order valence-corrected chi connectivity index (χ4v) is 3.89. The lowest BCUT2D eigenvalue weighted by atomic mass is 9.86. The summed E-state index contributed by atoms with van der Waals surface area (Å²) in [5, 5.41) is 2.93. The molecule has 2 aliphatic carbocycles. The summed E-state index contributed by atoms with van der Waals surface area (Å²) in [6.07, 6.45) is 5.99. The fourth-order valence-electron chi connectivity index (χ4n) is 3.67. The molecule has 3 atom stereocenters. The van der Waals surface area contributed by atoms with Crippen molar-refractivity contribution in [3.8, 4) is 0 Å². The van der Waals surface area contributed by atoms with Crippen LogP contribution in [0.25, 0.3) is 0 Å². The highest BCUT2D eigenvalue weighted by Crippen LogP contribution is 2.49. The van der Waals surface area contributed by atoms with Crippen LogP contribution in [0.5, 0.6) is 0 Å². The van der Waals surface area contributed by atoms with Gasteiger partial charge in [0, 0.05) is 10.9 Å². The lowest BCUT2D eigenvalue weighted by molar-refractivity contribution is -0.117. The number of anilines is 1. The van der Waals surface area contributed by atoms with Gasteiger partial charge in [-0.2, -0.15) is 0 Å². The van der Waals surface area contributed by atoms with E-state index >= 15 is 0 Å². The van der Waals surface area contributed by atoms with Crippen molar-refractivity contribution in [1.29, 1.82) is 0 Å². The van der Waals surface area contributed by atoms with E-state index in [4.69, 9.17) is 0 Å². The molecule has 102 valence electrons. The largest absolute Gasteiger partial charge is 0.311 e. The fraction of sp³-hybridized carbons (Fsp3) is 0.600. The number of hydrogen-bond acceptors (Lipinski definition) is 2. The Bertz CT molecular complexity index is 503. The van der Waals surface area contributed by atoms with Gasteiger partial charge >= 0.3 is 0 Å². The molecule has 1 heterocycles. The van der Waals surface area contributed by atoms with Crippen LogP contribution >= 0.6 is 15.9 Å². The van der Waals surface area contributed by atoms with Gasteiger partial charge in [0.2, 0.25) is 5.91 Å². The normalized spacial score (nSPS) is 28.6. The average molecular weight is 323 g/mol. The molecule has 2 saturated carbocycles. The molecular weight excluding hydrogens is 304 g/mol.